The standard InChI is InChI=1S/C13H14N2O2S/c1-9-12(18-8-14-9)11(13(16)17-2)15-10-6-4-3-5-7-10/h3-8,11,15H,1-2H3. The zero-order chi connectivity index (χ0) is 13.0. The summed E-state index contributed by atoms with van der Waals surface area (Å²) in [5.41, 5.74) is 3.45. The van der Waals surface area contributed by atoms with Crippen molar-refractivity contribution < 1.29 is 9.53 Å². The first kappa shape index (κ1) is 12.6. The first-order valence-electron chi connectivity index (χ1n) is 5.51. The summed E-state index contributed by atoms with van der Waals surface area (Å²) < 4.78 is 4.84. The van der Waals surface area contributed by atoms with Gasteiger partial charge < -0.3 is 10.1 Å². The Hall–Kier alpha value is -1.88. The number of methoxy groups -OCH3 is 1. The van der Waals surface area contributed by atoms with Crippen LogP contribution in [0.4, 0.5) is 5.69 Å². The molecule has 94 valence electrons. The molecular weight excluding hydrogens is 248 g/mol. The average Bonchev–Trinajstić information content (AvgIpc) is 2.82. The second-order valence-electron chi connectivity index (χ2n) is 3.77. The monoisotopic (exact) mass is 262 g/mol. The number of rotatable bonds is 4. The largest absolute Gasteiger partial charge is 0.467 e. The highest BCUT2D eigenvalue weighted by Gasteiger charge is 2.24. The van der Waals surface area contributed by atoms with Gasteiger partial charge in [-0.1, -0.05) is 18.2 Å². The predicted octanol–water partition coefficient (Wildman–Crippen LogP) is 2.78. The Bertz CT molecular complexity index is 525. The number of ether oxygens (including phenoxy) is 1. The van der Waals surface area contributed by atoms with Crippen LogP contribution in [0.3, 0.4) is 0 Å². The topological polar surface area (TPSA) is 51.2 Å². The third-order valence-corrected chi connectivity index (χ3v) is 3.56. The lowest BCUT2D eigenvalue weighted by molar-refractivity contribution is -0.141. The third-order valence-electron chi connectivity index (χ3n) is 2.57. The molecule has 0 fully saturated rings. The van der Waals surface area contributed by atoms with Gasteiger partial charge in [-0.05, 0) is 19.1 Å². The van der Waals surface area contributed by atoms with Crippen molar-refractivity contribution >= 4 is 23.0 Å². The molecule has 5 heteroatoms. The quantitative estimate of drug-likeness (QED) is 0.861. The lowest BCUT2D eigenvalue weighted by atomic mass is 10.2. The molecule has 0 aliphatic heterocycles. The Kier molecular flexibility index (Phi) is 3.94. The van der Waals surface area contributed by atoms with Crippen molar-refractivity contribution in [1.82, 2.24) is 4.98 Å². The Morgan fingerprint density at radius 3 is 2.67 bits per heavy atom. The molecule has 1 N–H and O–H groups in total. The van der Waals surface area contributed by atoms with E-state index in [1.165, 1.54) is 18.4 Å². The highest BCUT2D eigenvalue weighted by atomic mass is 32.1. The highest BCUT2D eigenvalue weighted by molar-refractivity contribution is 7.10. The smallest absolute Gasteiger partial charge is 0.333 e. The number of nitrogens with one attached hydrogen (secondary N) is 1. The van der Waals surface area contributed by atoms with E-state index < -0.39 is 6.04 Å². The Morgan fingerprint density at radius 2 is 2.11 bits per heavy atom. The summed E-state index contributed by atoms with van der Waals surface area (Å²) >= 11 is 1.45. The number of benzene rings is 1. The lowest BCUT2D eigenvalue weighted by Crippen LogP contribution is -2.22. The molecule has 4 nitrogen and oxygen atoms in total. The van der Waals surface area contributed by atoms with Gasteiger partial charge >= 0.3 is 5.97 Å². The van der Waals surface area contributed by atoms with Gasteiger partial charge in [-0.15, -0.1) is 11.3 Å². The molecule has 0 aliphatic carbocycles. The van der Waals surface area contributed by atoms with Crippen LogP contribution >= 0.6 is 11.3 Å². The third kappa shape index (κ3) is 2.68. The number of carbonyl (C=O) groups excluding carboxylic acids is 1. The first-order valence-corrected chi connectivity index (χ1v) is 6.39. The van der Waals surface area contributed by atoms with Gasteiger partial charge in [0.15, 0.2) is 6.04 Å². The molecular formula is C13H14N2O2S. The molecule has 1 aromatic carbocycles. The molecule has 1 unspecified atom stereocenters. The number of thiazole rings is 1. The second kappa shape index (κ2) is 5.64. The van der Waals surface area contributed by atoms with Gasteiger partial charge in [0, 0.05) is 5.69 Å². The molecule has 1 atom stereocenters. The molecule has 0 saturated heterocycles. The van der Waals surface area contributed by atoms with E-state index in [-0.39, 0.29) is 5.97 Å². The minimum Gasteiger partial charge on any atom is -0.467 e. The molecule has 0 amide bonds. The van der Waals surface area contributed by atoms with Gasteiger partial charge in [-0.2, -0.15) is 0 Å². The number of hydrogen-bond donors (Lipinski definition) is 1. The van der Waals surface area contributed by atoms with Gasteiger partial charge in [-0.25, -0.2) is 9.78 Å². The summed E-state index contributed by atoms with van der Waals surface area (Å²) in [6.45, 7) is 1.88. The fourth-order valence-corrected chi connectivity index (χ4v) is 2.48. The SMILES string of the molecule is COC(=O)C(Nc1ccccc1)c1scnc1C. The van der Waals surface area contributed by atoms with Gasteiger partial charge in [0.2, 0.25) is 0 Å². The molecule has 0 spiro atoms. The van der Waals surface area contributed by atoms with Crippen LogP contribution in [0.1, 0.15) is 16.6 Å². The molecule has 1 heterocycles. The van der Waals surface area contributed by atoms with E-state index >= 15 is 0 Å². The van der Waals surface area contributed by atoms with Crippen molar-refractivity contribution in [3.63, 3.8) is 0 Å². The minimum absolute atomic E-state index is 0.314. The van der Waals surface area contributed by atoms with Crippen LogP contribution in [0.25, 0.3) is 0 Å². The number of carbonyl (C=O) groups is 1. The van der Waals surface area contributed by atoms with Crippen LogP contribution in [0.5, 0.6) is 0 Å². The van der Waals surface area contributed by atoms with Crippen LogP contribution in [0, 0.1) is 6.92 Å². The molecule has 2 rings (SSSR count). The van der Waals surface area contributed by atoms with E-state index in [9.17, 15) is 4.79 Å². The number of aryl methyl sites for hydroxylation is 1. The normalized spacial score (nSPS) is 11.9. The Labute approximate surface area is 110 Å². The number of aromatic nitrogens is 1. The zero-order valence-electron chi connectivity index (χ0n) is 10.2. The van der Waals surface area contributed by atoms with Gasteiger partial charge in [0.25, 0.3) is 0 Å². The number of para-hydroxylation sites is 1. The van der Waals surface area contributed by atoms with Crippen LogP contribution in [-0.2, 0) is 9.53 Å². The van der Waals surface area contributed by atoms with Crippen molar-refractivity contribution in [1.29, 1.82) is 0 Å². The van der Waals surface area contributed by atoms with Crippen molar-refractivity contribution in [2.75, 3.05) is 12.4 Å². The molecule has 0 aliphatic rings. The van der Waals surface area contributed by atoms with Crippen LogP contribution in [0.2, 0.25) is 0 Å². The number of anilines is 1. The fraction of sp³-hybridized carbons (Fsp3) is 0.231. The summed E-state index contributed by atoms with van der Waals surface area (Å²) in [7, 11) is 1.39. The molecule has 0 bridgehead atoms. The van der Waals surface area contributed by atoms with E-state index in [0.717, 1.165) is 16.3 Å². The van der Waals surface area contributed by atoms with Crippen molar-refractivity contribution in [2.24, 2.45) is 0 Å². The summed E-state index contributed by atoms with van der Waals surface area (Å²) in [5.74, 6) is -0.314. The van der Waals surface area contributed by atoms with E-state index in [4.69, 9.17) is 4.74 Å². The molecule has 2 aromatic rings. The van der Waals surface area contributed by atoms with Gasteiger partial charge in [0.1, 0.15) is 0 Å². The summed E-state index contributed by atoms with van der Waals surface area (Å²) in [6.07, 6.45) is 0. The zero-order valence-corrected chi connectivity index (χ0v) is 11.0. The van der Waals surface area contributed by atoms with E-state index in [1.54, 1.807) is 5.51 Å². The Morgan fingerprint density at radius 1 is 1.39 bits per heavy atom. The van der Waals surface area contributed by atoms with Crippen molar-refractivity contribution in [2.45, 2.75) is 13.0 Å². The summed E-state index contributed by atoms with van der Waals surface area (Å²) in [6, 6.07) is 9.06. The van der Waals surface area contributed by atoms with Gasteiger partial charge in [0.05, 0.1) is 23.2 Å². The predicted molar refractivity (Wildman–Crippen MR) is 71.7 cm³/mol. The second-order valence-corrected chi connectivity index (χ2v) is 4.65. The van der Waals surface area contributed by atoms with E-state index in [2.05, 4.69) is 10.3 Å². The maximum atomic E-state index is 11.9. The first-order chi connectivity index (χ1) is 8.72. The Balaban J connectivity index is 2.27. The molecule has 1 aromatic heterocycles. The summed E-state index contributed by atoms with van der Waals surface area (Å²) in [4.78, 5) is 16.9. The number of nitrogens with zero attached hydrogens (tertiary/aromatic N) is 1. The maximum absolute atomic E-state index is 11.9. The van der Waals surface area contributed by atoms with Crippen LogP contribution in [0.15, 0.2) is 35.8 Å². The van der Waals surface area contributed by atoms with E-state index in [0.29, 0.717) is 0 Å². The van der Waals surface area contributed by atoms with E-state index in [1.807, 2.05) is 37.3 Å². The van der Waals surface area contributed by atoms with Gasteiger partial charge in [-0.3, -0.25) is 0 Å². The lowest BCUT2D eigenvalue weighted by Gasteiger charge is -2.16. The van der Waals surface area contributed by atoms with Crippen LogP contribution in [-0.4, -0.2) is 18.1 Å². The van der Waals surface area contributed by atoms with Crippen molar-refractivity contribution in [3.05, 3.63) is 46.4 Å². The summed E-state index contributed by atoms with van der Waals surface area (Å²) in [5, 5.41) is 3.17. The molecule has 0 radical (unpaired) electrons. The van der Waals surface area contributed by atoms with Crippen LogP contribution < -0.4 is 5.32 Å². The highest BCUT2D eigenvalue weighted by Crippen LogP contribution is 2.26. The molecule has 0 saturated carbocycles. The maximum Gasteiger partial charge on any atom is 0.333 e. The minimum atomic E-state index is -0.509. The average molecular weight is 262 g/mol. The molecule has 18 heavy (non-hydrogen) atoms. The number of esters is 1. The fourth-order valence-electron chi connectivity index (χ4n) is 1.64. The number of hydrogen-bond acceptors (Lipinski definition) is 5. The van der Waals surface area contributed by atoms with Crippen molar-refractivity contribution in [3.8, 4) is 0 Å².